The van der Waals surface area contributed by atoms with E-state index >= 15 is 0 Å². The zero-order chi connectivity index (χ0) is 8.79. The van der Waals surface area contributed by atoms with Crippen molar-refractivity contribution in [2.24, 2.45) is 35.5 Å². The van der Waals surface area contributed by atoms with E-state index in [0.29, 0.717) is 11.8 Å². The predicted molar refractivity (Wildman–Crippen MR) is 53.8 cm³/mol. The molecule has 0 saturated heterocycles. The number of hydrogen-bond acceptors (Lipinski definition) is 0. The van der Waals surface area contributed by atoms with Crippen LogP contribution in [0.25, 0.3) is 0 Å². The lowest BCUT2D eigenvalue weighted by Crippen LogP contribution is -2.21. The molecule has 3 fully saturated rings. The number of allylic oxidation sites excluding steroid dienone is 2. The van der Waals surface area contributed by atoms with Crippen LogP contribution in [0.1, 0.15) is 12.8 Å². The molecule has 0 amide bonds. The van der Waals surface area contributed by atoms with Crippen LogP contribution < -0.4 is 0 Å². The Labute approximate surface area is 88.3 Å². The molecule has 4 aliphatic rings. The van der Waals surface area contributed by atoms with Crippen LogP contribution >= 0.6 is 23.2 Å². The first-order valence-electron chi connectivity index (χ1n) is 5.25. The molecule has 13 heavy (non-hydrogen) atoms. The van der Waals surface area contributed by atoms with Gasteiger partial charge in [-0.25, -0.2) is 0 Å². The lowest BCUT2D eigenvalue weighted by atomic mass is 9.82. The molecule has 2 bridgehead atoms. The first kappa shape index (κ1) is 7.59. The van der Waals surface area contributed by atoms with E-state index in [9.17, 15) is 0 Å². The van der Waals surface area contributed by atoms with Gasteiger partial charge in [0.15, 0.2) is 0 Å². The maximum absolute atomic E-state index is 6.25. The molecule has 0 heterocycles. The fourth-order valence-electron chi connectivity index (χ4n) is 4.37. The van der Waals surface area contributed by atoms with E-state index in [-0.39, 0.29) is 4.33 Å². The Kier molecular flexibility index (Phi) is 1.15. The van der Waals surface area contributed by atoms with Gasteiger partial charge in [-0.2, -0.15) is 0 Å². The summed E-state index contributed by atoms with van der Waals surface area (Å²) in [4.78, 5) is 0. The molecule has 0 nitrogen and oxygen atoms in total. The van der Waals surface area contributed by atoms with E-state index in [1.165, 1.54) is 12.8 Å². The minimum atomic E-state index is -0.334. The van der Waals surface area contributed by atoms with Crippen molar-refractivity contribution in [2.45, 2.75) is 17.2 Å². The molecule has 6 atom stereocenters. The second-order valence-electron chi connectivity index (χ2n) is 5.23. The fourth-order valence-corrected chi connectivity index (χ4v) is 5.28. The van der Waals surface area contributed by atoms with Crippen molar-refractivity contribution in [3.05, 3.63) is 12.2 Å². The molecular formula is C11H12Cl2. The second-order valence-corrected chi connectivity index (χ2v) is 6.68. The molecular weight excluding hydrogens is 203 g/mol. The SMILES string of the molecule is ClC1(Cl)[C@@H]2[C@H]3[C@H](C[C@H]21)[C@H]1C=C[C@@H]3C1. The van der Waals surface area contributed by atoms with Crippen LogP contribution in [-0.2, 0) is 0 Å². The van der Waals surface area contributed by atoms with Gasteiger partial charge >= 0.3 is 0 Å². The van der Waals surface area contributed by atoms with Gasteiger partial charge in [-0.3, -0.25) is 0 Å². The zero-order valence-electron chi connectivity index (χ0n) is 7.29. The first-order valence-corrected chi connectivity index (χ1v) is 6.01. The third-order valence-corrected chi connectivity index (χ3v) is 5.96. The largest absolute Gasteiger partial charge is 0.125 e. The maximum Gasteiger partial charge on any atom is 0.125 e. The number of fused-ring (bicyclic) bond motifs is 7. The Morgan fingerprint density at radius 2 is 1.85 bits per heavy atom. The summed E-state index contributed by atoms with van der Waals surface area (Å²) >= 11 is 12.5. The average molecular weight is 215 g/mol. The van der Waals surface area contributed by atoms with Gasteiger partial charge in [0.1, 0.15) is 4.33 Å². The Balaban J connectivity index is 1.74. The summed E-state index contributed by atoms with van der Waals surface area (Å²) in [5, 5.41) is 0. The summed E-state index contributed by atoms with van der Waals surface area (Å²) in [5.41, 5.74) is 0. The lowest BCUT2D eigenvalue weighted by Gasteiger charge is -2.25. The van der Waals surface area contributed by atoms with Crippen LogP contribution in [0.3, 0.4) is 0 Å². The van der Waals surface area contributed by atoms with E-state index < -0.39 is 0 Å². The van der Waals surface area contributed by atoms with Gasteiger partial charge in [0, 0.05) is 5.92 Å². The van der Waals surface area contributed by atoms with Gasteiger partial charge in [-0.1, -0.05) is 12.2 Å². The summed E-state index contributed by atoms with van der Waals surface area (Å²) in [7, 11) is 0. The molecule has 3 saturated carbocycles. The van der Waals surface area contributed by atoms with Crippen LogP contribution in [0, 0.1) is 35.5 Å². The van der Waals surface area contributed by atoms with E-state index in [1.54, 1.807) is 0 Å². The maximum atomic E-state index is 6.25. The number of rotatable bonds is 0. The molecule has 0 aromatic carbocycles. The Bertz CT molecular complexity index is 307. The Hall–Kier alpha value is 0.320. The summed E-state index contributed by atoms with van der Waals surface area (Å²) in [6.45, 7) is 0. The van der Waals surface area contributed by atoms with Crippen molar-refractivity contribution < 1.29 is 0 Å². The molecule has 0 aliphatic heterocycles. The Morgan fingerprint density at radius 1 is 1.08 bits per heavy atom. The van der Waals surface area contributed by atoms with Crippen molar-refractivity contribution >= 4 is 23.2 Å². The van der Waals surface area contributed by atoms with Crippen LogP contribution in [0.15, 0.2) is 12.2 Å². The fraction of sp³-hybridized carbons (Fsp3) is 0.818. The summed E-state index contributed by atoms with van der Waals surface area (Å²) < 4.78 is -0.334. The van der Waals surface area contributed by atoms with Crippen molar-refractivity contribution in [3.8, 4) is 0 Å². The molecule has 70 valence electrons. The molecule has 0 aromatic heterocycles. The highest BCUT2D eigenvalue weighted by Crippen LogP contribution is 2.76. The van der Waals surface area contributed by atoms with Gasteiger partial charge in [0.05, 0.1) is 0 Å². The van der Waals surface area contributed by atoms with E-state index in [2.05, 4.69) is 12.2 Å². The first-order chi connectivity index (χ1) is 6.19. The summed E-state index contributed by atoms with van der Waals surface area (Å²) in [6, 6.07) is 0. The van der Waals surface area contributed by atoms with Crippen LogP contribution in [0.4, 0.5) is 0 Å². The van der Waals surface area contributed by atoms with E-state index in [0.717, 1.165) is 23.7 Å². The van der Waals surface area contributed by atoms with Gasteiger partial charge in [0.25, 0.3) is 0 Å². The van der Waals surface area contributed by atoms with Crippen molar-refractivity contribution in [3.63, 3.8) is 0 Å². The van der Waals surface area contributed by atoms with Crippen molar-refractivity contribution in [1.29, 1.82) is 0 Å². The number of halogens is 2. The quantitative estimate of drug-likeness (QED) is 0.429. The molecule has 4 rings (SSSR count). The van der Waals surface area contributed by atoms with E-state index in [1.807, 2.05) is 0 Å². The van der Waals surface area contributed by atoms with Crippen molar-refractivity contribution in [1.82, 2.24) is 0 Å². The third-order valence-electron chi connectivity index (χ3n) is 4.89. The molecule has 0 radical (unpaired) electrons. The van der Waals surface area contributed by atoms with E-state index in [4.69, 9.17) is 23.2 Å². The minimum absolute atomic E-state index is 0.334. The third kappa shape index (κ3) is 0.699. The predicted octanol–water partition coefficient (Wildman–Crippen LogP) is 3.25. The van der Waals surface area contributed by atoms with Gasteiger partial charge in [-0.15, -0.1) is 23.2 Å². The zero-order valence-corrected chi connectivity index (χ0v) is 8.80. The second kappa shape index (κ2) is 1.97. The minimum Gasteiger partial charge on any atom is -0.101 e. The van der Waals surface area contributed by atoms with Crippen LogP contribution in [-0.4, -0.2) is 4.33 Å². The summed E-state index contributed by atoms with van der Waals surface area (Å²) in [5.74, 6) is 4.76. The normalized spacial score (nSPS) is 63.8. The topological polar surface area (TPSA) is 0 Å². The lowest BCUT2D eigenvalue weighted by molar-refractivity contribution is 0.310. The molecule has 2 heteroatoms. The van der Waals surface area contributed by atoms with Crippen LogP contribution in [0.2, 0.25) is 0 Å². The highest BCUT2D eigenvalue weighted by Gasteiger charge is 2.74. The highest BCUT2D eigenvalue weighted by atomic mass is 35.5. The Morgan fingerprint density at radius 3 is 2.69 bits per heavy atom. The average Bonchev–Trinajstić information content (AvgIpc) is 2.58. The molecule has 0 spiro atoms. The standard InChI is InChI=1S/C11H12Cl2/c12-11(13)8-4-7-5-1-2-6(3-5)9(7)10(8)11/h1-2,5-10H,3-4H2/t5-,6+,7+,8+,9+,10-/m0/s1. The van der Waals surface area contributed by atoms with Gasteiger partial charge < -0.3 is 0 Å². The molecule has 0 unspecified atom stereocenters. The molecule has 0 N–H and O–H groups in total. The molecule has 4 aliphatic carbocycles. The van der Waals surface area contributed by atoms with Crippen LogP contribution in [0.5, 0.6) is 0 Å². The molecule has 0 aromatic rings. The van der Waals surface area contributed by atoms with Gasteiger partial charge in [-0.05, 0) is 42.4 Å². The number of alkyl halides is 2. The smallest absolute Gasteiger partial charge is 0.101 e. The number of hydrogen-bond donors (Lipinski definition) is 0. The van der Waals surface area contributed by atoms with Gasteiger partial charge in [0.2, 0.25) is 0 Å². The van der Waals surface area contributed by atoms with Crippen molar-refractivity contribution in [2.75, 3.05) is 0 Å². The highest BCUT2D eigenvalue weighted by molar-refractivity contribution is 6.51. The monoisotopic (exact) mass is 214 g/mol. The summed E-state index contributed by atoms with van der Waals surface area (Å²) in [6.07, 6.45) is 7.54.